The van der Waals surface area contributed by atoms with E-state index in [4.69, 9.17) is 19.4 Å². The molecule has 1 aromatic carbocycles. The van der Waals surface area contributed by atoms with Gasteiger partial charge in [0.1, 0.15) is 45.9 Å². The first kappa shape index (κ1) is 41.4. The minimum Gasteiger partial charge on any atom is -0.496 e. The Bertz CT molecular complexity index is 2240. The Balaban J connectivity index is 1.25. The van der Waals surface area contributed by atoms with Gasteiger partial charge in [0, 0.05) is 49.3 Å². The zero-order valence-corrected chi connectivity index (χ0v) is 35.5. The van der Waals surface area contributed by atoms with Crippen LogP contribution in [0.4, 0.5) is 4.79 Å². The normalized spacial score (nSPS) is 25.3. The number of benzene rings is 1. The second kappa shape index (κ2) is 16.5. The first-order chi connectivity index (χ1) is 27.6. The van der Waals surface area contributed by atoms with Crippen molar-refractivity contribution in [3.63, 3.8) is 0 Å². The molecule has 15 nitrogen and oxygen atoms in total. The van der Waals surface area contributed by atoms with Crippen molar-refractivity contribution in [2.75, 3.05) is 27.7 Å². The molecule has 0 radical (unpaired) electrons. The summed E-state index contributed by atoms with van der Waals surface area (Å²) in [5.74, 6) is -0.897. The van der Waals surface area contributed by atoms with Crippen molar-refractivity contribution in [3.8, 4) is 22.2 Å². The molecule has 5 amide bonds. The van der Waals surface area contributed by atoms with Gasteiger partial charge in [0.15, 0.2) is 0 Å². The number of allylic oxidation sites excluding steroid dienone is 1. The minimum absolute atomic E-state index is 0.00682. The number of carbonyl (C=O) groups is 4. The minimum atomic E-state index is -3.90. The third-order valence-corrected chi connectivity index (χ3v) is 14.2. The molecule has 0 spiro atoms. The van der Waals surface area contributed by atoms with Crippen molar-refractivity contribution in [1.82, 2.24) is 35.1 Å². The number of aromatic nitrogens is 2. The molecule has 4 heterocycles. The Kier molecular flexibility index (Phi) is 11.8. The van der Waals surface area contributed by atoms with Crippen molar-refractivity contribution in [3.05, 3.63) is 47.0 Å². The number of fused-ring (bicyclic) bond motifs is 3. The maximum Gasteiger partial charge on any atom is 0.317 e. The van der Waals surface area contributed by atoms with Crippen LogP contribution in [0.5, 0.6) is 11.5 Å². The molecule has 3 aromatic rings. The van der Waals surface area contributed by atoms with E-state index < -0.39 is 68.7 Å². The monoisotopic (exact) mass is 835 g/mol. The van der Waals surface area contributed by atoms with Crippen molar-refractivity contribution >= 4 is 56.0 Å². The summed E-state index contributed by atoms with van der Waals surface area (Å²) in [7, 11) is 0.883. The highest BCUT2D eigenvalue weighted by Gasteiger charge is 2.62. The summed E-state index contributed by atoms with van der Waals surface area (Å²) in [6, 6.07) is 3.14. The number of aryl methyl sites for hydroxylation is 1. The van der Waals surface area contributed by atoms with E-state index in [-0.39, 0.29) is 25.3 Å². The summed E-state index contributed by atoms with van der Waals surface area (Å²) in [5, 5.41) is 8.58. The fourth-order valence-corrected chi connectivity index (χ4v) is 10.0. The van der Waals surface area contributed by atoms with E-state index in [1.165, 1.54) is 21.1 Å². The highest BCUT2D eigenvalue weighted by Crippen LogP contribution is 2.46. The van der Waals surface area contributed by atoms with Gasteiger partial charge in [-0.1, -0.05) is 38.8 Å². The number of amides is 5. The van der Waals surface area contributed by atoms with Crippen LogP contribution >= 0.6 is 11.3 Å². The smallest absolute Gasteiger partial charge is 0.317 e. The molecule has 2 aromatic heterocycles. The standard InChI is InChI=1S/C41H53N7O8S2/c1-23(2)32-22-57-37(43-32)31-19-35(28-16-24(3)34(55-6)18-30(28)42-31)56-26-17-33-36(49)45-41(39(51)46-58(53,54)27-14-15-27)20-25(41)12-10-8-7-9-11-13-29(38(50)48(33)21-26)44-40(52)47(4)5/h10,12,16,18-19,22-23,25-27,29,33H,7-9,11,13-15,17,20-21H2,1-6H3,(H,44,52)(H,45,49)(H,46,51)/t25-,26-,29+,33+,41-/m1/s1. The highest BCUT2D eigenvalue weighted by atomic mass is 32.2. The van der Waals surface area contributed by atoms with E-state index in [2.05, 4.69) is 29.2 Å². The van der Waals surface area contributed by atoms with Crippen LogP contribution in [0.25, 0.3) is 21.6 Å². The van der Waals surface area contributed by atoms with Crippen LogP contribution in [0.3, 0.4) is 0 Å². The summed E-state index contributed by atoms with van der Waals surface area (Å²) in [4.78, 5) is 68.5. The van der Waals surface area contributed by atoms with Gasteiger partial charge in [0.25, 0.3) is 5.91 Å². The van der Waals surface area contributed by atoms with Gasteiger partial charge < -0.3 is 29.9 Å². The number of rotatable bonds is 9. The summed E-state index contributed by atoms with van der Waals surface area (Å²) in [6.07, 6.45) is 7.69. The number of pyridine rings is 1. The van der Waals surface area contributed by atoms with Gasteiger partial charge in [0.05, 0.1) is 30.1 Å². The lowest BCUT2D eigenvalue weighted by Gasteiger charge is -2.30. The third kappa shape index (κ3) is 8.65. The number of carbonyl (C=O) groups excluding carboxylic acids is 4. The van der Waals surface area contributed by atoms with Crippen LogP contribution in [0.2, 0.25) is 0 Å². The molecule has 58 heavy (non-hydrogen) atoms. The molecule has 2 aliphatic carbocycles. The number of urea groups is 1. The first-order valence-electron chi connectivity index (χ1n) is 20.0. The van der Waals surface area contributed by atoms with Gasteiger partial charge in [-0.3, -0.25) is 19.1 Å². The Labute approximate surface area is 343 Å². The van der Waals surface area contributed by atoms with Gasteiger partial charge in [-0.05, 0) is 63.0 Å². The van der Waals surface area contributed by atoms with Crippen LogP contribution in [-0.4, -0.2) is 109 Å². The maximum atomic E-state index is 14.6. The number of hydrogen-bond acceptors (Lipinski definition) is 11. The lowest BCUT2D eigenvalue weighted by molar-refractivity contribution is -0.141. The second-order valence-corrected chi connectivity index (χ2v) is 19.3. The summed E-state index contributed by atoms with van der Waals surface area (Å²) in [6.45, 7) is 6.08. The Morgan fingerprint density at radius 2 is 1.84 bits per heavy atom. The maximum absolute atomic E-state index is 14.6. The quantitative estimate of drug-likeness (QED) is 0.253. The fraction of sp³-hybridized carbons (Fsp3) is 0.561. The molecule has 312 valence electrons. The van der Waals surface area contributed by atoms with Crippen LogP contribution in [0.15, 0.2) is 35.7 Å². The molecule has 2 aliphatic heterocycles. The molecule has 2 saturated carbocycles. The van der Waals surface area contributed by atoms with Gasteiger partial charge in [0.2, 0.25) is 21.8 Å². The van der Waals surface area contributed by atoms with Crippen molar-refractivity contribution in [2.24, 2.45) is 5.92 Å². The zero-order chi connectivity index (χ0) is 41.5. The average Bonchev–Trinajstić information content (AvgIpc) is 4.05. The molecule has 0 unspecified atom stereocenters. The van der Waals surface area contributed by atoms with Gasteiger partial charge in [-0.2, -0.15) is 0 Å². The van der Waals surface area contributed by atoms with E-state index in [0.717, 1.165) is 24.1 Å². The van der Waals surface area contributed by atoms with Crippen molar-refractivity contribution in [1.29, 1.82) is 0 Å². The largest absolute Gasteiger partial charge is 0.496 e. The SMILES string of the molecule is COc1cc2nc(-c3nc(C(C)C)cs3)cc(O[C@@H]3C[C@H]4C(=O)N[C@]5(C(=O)NS(=O)(=O)C6CC6)C[C@H]5C=CCCCCC[C@H](NC(=O)N(C)C)C(=O)N4C3)c2cc1C. The number of thiazole rings is 1. The van der Waals surface area contributed by atoms with E-state index in [1.807, 2.05) is 42.7 Å². The molecule has 17 heteroatoms. The Morgan fingerprint density at radius 1 is 1.07 bits per heavy atom. The van der Waals surface area contributed by atoms with Crippen molar-refractivity contribution < 1.29 is 37.1 Å². The van der Waals surface area contributed by atoms with E-state index in [0.29, 0.717) is 65.2 Å². The van der Waals surface area contributed by atoms with Crippen LogP contribution < -0.4 is 24.8 Å². The van der Waals surface area contributed by atoms with Crippen LogP contribution in [-0.2, 0) is 24.4 Å². The molecule has 5 atom stereocenters. The molecule has 4 aliphatic rings. The van der Waals surface area contributed by atoms with Gasteiger partial charge >= 0.3 is 6.03 Å². The number of sulfonamides is 1. The predicted molar refractivity (Wildman–Crippen MR) is 220 cm³/mol. The predicted octanol–water partition coefficient (Wildman–Crippen LogP) is 4.79. The molecule has 0 bridgehead atoms. The Morgan fingerprint density at radius 3 is 2.53 bits per heavy atom. The first-order valence-corrected chi connectivity index (χ1v) is 22.5. The van der Waals surface area contributed by atoms with E-state index in [1.54, 1.807) is 21.2 Å². The topological polar surface area (TPSA) is 189 Å². The molecular weight excluding hydrogens is 783 g/mol. The number of methoxy groups -OCH3 is 1. The van der Waals surface area contributed by atoms with Gasteiger partial charge in [-0.15, -0.1) is 11.3 Å². The van der Waals surface area contributed by atoms with Gasteiger partial charge in [-0.25, -0.2) is 23.2 Å². The summed E-state index contributed by atoms with van der Waals surface area (Å²) in [5.41, 5.74) is 1.51. The third-order valence-electron chi connectivity index (χ3n) is 11.5. The van der Waals surface area contributed by atoms with Crippen LogP contribution in [0.1, 0.15) is 88.8 Å². The molecule has 3 N–H and O–H groups in total. The zero-order valence-electron chi connectivity index (χ0n) is 33.9. The average molecular weight is 836 g/mol. The molecule has 3 fully saturated rings. The lowest BCUT2D eigenvalue weighted by atomic mass is 10.0. The Hall–Kier alpha value is -4.77. The number of ether oxygens (including phenoxy) is 2. The molecule has 7 rings (SSSR count). The number of hydrogen-bond donors (Lipinski definition) is 3. The molecule has 1 saturated heterocycles. The van der Waals surface area contributed by atoms with E-state index in [9.17, 15) is 27.6 Å². The fourth-order valence-electron chi connectivity index (χ4n) is 7.73. The lowest BCUT2D eigenvalue weighted by Crippen LogP contribution is -2.58. The summed E-state index contributed by atoms with van der Waals surface area (Å²) < 4.78 is 40.5. The number of nitrogens with zero attached hydrogens (tertiary/aromatic N) is 4. The van der Waals surface area contributed by atoms with Crippen molar-refractivity contribution in [2.45, 2.75) is 113 Å². The highest BCUT2D eigenvalue weighted by molar-refractivity contribution is 7.91. The second-order valence-electron chi connectivity index (χ2n) is 16.5. The van der Waals surface area contributed by atoms with Crippen LogP contribution in [0, 0.1) is 12.8 Å². The summed E-state index contributed by atoms with van der Waals surface area (Å²) >= 11 is 1.48. The molecular formula is C41H53N7O8S2. The van der Waals surface area contributed by atoms with E-state index >= 15 is 0 Å². The number of nitrogens with one attached hydrogen (secondary N) is 3.